The van der Waals surface area contributed by atoms with Crippen molar-refractivity contribution in [1.29, 1.82) is 0 Å². The lowest BCUT2D eigenvalue weighted by Gasteiger charge is -2.18. The number of nitrogens with one attached hydrogen (secondary N) is 1. The van der Waals surface area contributed by atoms with E-state index in [9.17, 15) is 9.59 Å². The predicted molar refractivity (Wildman–Crippen MR) is 113 cm³/mol. The topological polar surface area (TPSA) is 71.5 Å². The van der Waals surface area contributed by atoms with Crippen molar-refractivity contribution in [3.8, 4) is 5.75 Å². The molecule has 1 aromatic heterocycles. The van der Waals surface area contributed by atoms with Crippen LogP contribution in [0.25, 0.3) is 0 Å². The SMILES string of the molecule is COc1ccc(C)cc1NC(=O)c1ccc2c(c1)Sc1ncccc1C(=O)N2C. The second kappa shape index (κ2) is 7.60. The lowest BCUT2D eigenvalue weighted by molar-refractivity contribution is 0.0988. The fourth-order valence-electron chi connectivity index (χ4n) is 3.16. The van der Waals surface area contributed by atoms with Gasteiger partial charge in [-0.05, 0) is 55.0 Å². The molecule has 0 radical (unpaired) electrons. The van der Waals surface area contributed by atoms with Gasteiger partial charge in [-0.15, -0.1) is 0 Å². The number of carbonyl (C=O) groups is 2. The molecule has 0 saturated heterocycles. The summed E-state index contributed by atoms with van der Waals surface area (Å²) in [6.45, 7) is 1.95. The molecule has 3 aromatic rings. The summed E-state index contributed by atoms with van der Waals surface area (Å²) in [5.74, 6) is 0.217. The molecule has 2 aromatic carbocycles. The van der Waals surface area contributed by atoms with Crippen LogP contribution in [0.15, 0.2) is 64.6 Å². The molecular weight excluding hydrogens is 386 g/mol. The maximum atomic E-state index is 12.9. The van der Waals surface area contributed by atoms with Crippen molar-refractivity contribution in [1.82, 2.24) is 4.98 Å². The lowest BCUT2D eigenvalue weighted by atomic mass is 10.1. The van der Waals surface area contributed by atoms with E-state index in [1.165, 1.54) is 11.8 Å². The third kappa shape index (κ3) is 3.56. The highest BCUT2D eigenvalue weighted by molar-refractivity contribution is 7.99. The number of anilines is 2. The van der Waals surface area contributed by atoms with E-state index in [1.807, 2.05) is 25.1 Å². The number of benzene rings is 2. The van der Waals surface area contributed by atoms with Crippen molar-refractivity contribution in [2.75, 3.05) is 24.4 Å². The third-order valence-electron chi connectivity index (χ3n) is 4.70. The smallest absolute Gasteiger partial charge is 0.260 e. The Labute approximate surface area is 172 Å². The molecule has 4 rings (SSSR count). The first-order chi connectivity index (χ1) is 14.0. The van der Waals surface area contributed by atoms with E-state index in [2.05, 4.69) is 10.3 Å². The molecule has 0 spiro atoms. The number of methoxy groups -OCH3 is 1. The number of aromatic nitrogens is 1. The minimum absolute atomic E-state index is 0.124. The Morgan fingerprint density at radius 3 is 2.79 bits per heavy atom. The summed E-state index contributed by atoms with van der Waals surface area (Å²) in [5.41, 5.74) is 3.40. The summed E-state index contributed by atoms with van der Waals surface area (Å²) >= 11 is 1.38. The number of carbonyl (C=O) groups excluding carboxylic acids is 2. The average Bonchev–Trinajstić information content (AvgIpc) is 2.83. The van der Waals surface area contributed by atoms with Gasteiger partial charge in [-0.1, -0.05) is 17.8 Å². The standard InChI is InChI=1S/C22H19N3O3S/c1-13-6-9-18(28-3)16(11-13)24-20(26)14-7-8-17-19(12-14)29-21-15(5-4-10-23-21)22(27)25(17)2/h4-12H,1-3H3,(H,24,26). The summed E-state index contributed by atoms with van der Waals surface area (Å²) in [7, 11) is 3.29. The molecule has 0 fully saturated rings. The predicted octanol–water partition coefficient (Wildman–Crippen LogP) is 4.39. The number of aryl methyl sites for hydroxylation is 1. The maximum absolute atomic E-state index is 12.9. The number of pyridine rings is 1. The van der Waals surface area contributed by atoms with Gasteiger partial charge in [0.15, 0.2) is 0 Å². The molecule has 0 saturated carbocycles. The van der Waals surface area contributed by atoms with Crippen molar-refractivity contribution in [3.05, 3.63) is 71.4 Å². The average molecular weight is 405 g/mol. The molecule has 1 aliphatic rings. The van der Waals surface area contributed by atoms with E-state index in [-0.39, 0.29) is 11.8 Å². The summed E-state index contributed by atoms with van der Waals surface area (Å²) < 4.78 is 5.34. The first kappa shape index (κ1) is 19.0. The van der Waals surface area contributed by atoms with Crippen LogP contribution in [0.2, 0.25) is 0 Å². The number of rotatable bonds is 3. The first-order valence-corrected chi connectivity index (χ1v) is 9.80. The minimum atomic E-state index is -0.253. The van der Waals surface area contributed by atoms with Crippen LogP contribution in [0.5, 0.6) is 5.75 Å². The Morgan fingerprint density at radius 2 is 2.00 bits per heavy atom. The van der Waals surface area contributed by atoms with Crippen molar-refractivity contribution in [2.45, 2.75) is 16.8 Å². The number of fused-ring (bicyclic) bond motifs is 2. The largest absolute Gasteiger partial charge is 0.495 e. The van der Waals surface area contributed by atoms with Crippen molar-refractivity contribution in [3.63, 3.8) is 0 Å². The number of hydrogen-bond acceptors (Lipinski definition) is 5. The fraction of sp³-hybridized carbons (Fsp3) is 0.136. The normalized spacial score (nSPS) is 12.7. The summed E-state index contributed by atoms with van der Waals surface area (Å²) in [5, 5.41) is 3.54. The quantitative estimate of drug-likeness (QED) is 0.700. The Hall–Kier alpha value is -3.32. The molecular formula is C22H19N3O3S. The Morgan fingerprint density at radius 1 is 1.17 bits per heavy atom. The molecule has 2 amide bonds. The van der Waals surface area contributed by atoms with Crippen molar-refractivity contribution < 1.29 is 14.3 Å². The molecule has 0 bridgehead atoms. The zero-order valence-electron chi connectivity index (χ0n) is 16.2. The molecule has 7 heteroatoms. The zero-order chi connectivity index (χ0) is 20.5. The Bertz CT molecular complexity index is 1130. The minimum Gasteiger partial charge on any atom is -0.495 e. The maximum Gasteiger partial charge on any atom is 0.260 e. The van der Waals surface area contributed by atoms with Crippen LogP contribution < -0.4 is 15.0 Å². The van der Waals surface area contributed by atoms with E-state index < -0.39 is 0 Å². The highest BCUT2D eigenvalue weighted by Gasteiger charge is 2.26. The van der Waals surface area contributed by atoms with Crippen molar-refractivity contribution >= 4 is 35.0 Å². The van der Waals surface area contributed by atoms with E-state index >= 15 is 0 Å². The van der Waals surface area contributed by atoms with E-state index in [1.54, 1.807) is 55.6 Å². The van der Waals surface area contributed by atoms with Crippen LogP contribution in [-0.4, -0.2) is 31.0 Å². The van der Waals surface area contributed by atoms with Crippen LogP contribution in [0.3, 0.4) is 0 Å². The van der Waals surface area contributed by atoms with Crippen LogP contribution in [0, 0.1) is 6.92 Å². The van der Waals surface area contributed by atoms with Gasteiger partial charge in [0.05, 0.1) is 24.0 Å². The number of hydrogen-bond donors (Lipinski definition) is 1. The summed E-state index contributed by atoms with van der Waals surface area (Å²) in [6.07, 6.45) is 1.66. The molecule has 146 valence electrons. The fourth-order valence-corrected chi connectivity index (χ4v) is 4.24. The highest BCUT2D eigenvalue weighted by atomic mass is 32.2. The van der Waals surface area contributed by atoms with Crippen LogP contribution in [0.1, 0.15) is 26.3 Å². The van der Waals surface area contributed by atoms with Gasteiger partial charge in [-0.3, -0.25) is 9.59 Å². The molecule has 2 heterocycles. The second-order valence-electron chi connectivity index (χ2n) is 6.66. The molecule has 6 nitrogen and oxygen atoms in total. The lowest BCUT2D eigenvalue weighted by Crippen LogP contribution is -2.26. The zero-order valence-corrected chi connectivity index (χ0v) is 17.0. The van der Waals surface area contributed by atoms with Gasteiger partial charge < -0.3 is 15.0 Å². The van der Waals surface area contributed by atoms with Gasteiger partial charge in [-0.2, -0.15) is 0 Å². The van der Waals surface area contributed by atoms with E-state index in [0.29, 0.717) is 27.6 Å². The Balaban J connectivity index is 1.69. The molecule has 0 unspecified atom stereocenters. The molecule has 1 aliphatic heterocycles. The monoisotopic (exact) mass is 405 g/mol. The van der Waals surface area contributed by atoms with Crippen LogP contribution >= 0.6 is 11.8 Å². The summed E-state index contributed by atoms with van der Waals surface area (Å²) in [4.78, 5) is 32.3. The van der Waals surface area contributed by atoms with Gasteiger partial charge in [0.1, 0.15) is 10.8 Å². The van der Waals surface area contributed by atoms with E-state index in [4.69, 9.17) is 4.74 Å². The van der Waals surface area contributed by atoms with E-state index in [0.717, 1.165) is 16.1 Å². The van der Waals surface area contributed by atoms with Gasteiger partial charge in [0, 0.05) is 23.7 Å². The van der Waals surface area contributed by atoms with Crippen molar-refractivity contribution in [2.24, 2.45) is 0 Å². The van der Waals surface area contributed by atoms with Gasteiger partial charge in [0.2, 0.25) is 0 Å². The molecule has 29 heavy (non-hydrogen) atoms. The van der Waals surface area contributed by atoms with Gasteiger partial charge in [-0.25, -0.2) is 4.98 Å². The number of ether oxygens (including phenoxy) is 1. The third-order valence-corrected chi connectivity index (χ3v) is 5.76. The summed E-state index contributed by atoms with van der Waals surface area (Å²) in [6, 6.07) is 14.4. The molecule has 0 aliphatic carbocycles. The first-order valence-electron chi connectivity index (χ1n) is 8.99. The molecule has 0 atom stereocenters. The highest BCUT2D eigenvalue weighted by Crippen LogP contribution is 2.40. The number of amides is 2. The Kier molecular flexibility index (Phi) is 4.98. The molecule has 1 N–H and O–H groups in total. The van der Waals surface area contributed by atoms with Gasteiger partial charge >= 0.3 is 0 Å². The van der Waals surface area contributed by atoms with Gasteiger partial charge in [0.25, 0.3) is 11.8 Å². The van der Waals surface area contributed by atoms with Crippen LogP contribution in [0.4, 0.5) is 11.4 Å². The number of nitrogens with zero attached hydrogens (tertiary/aromatic N) is 2. The van der Waals surface area contributed by atoms with Crippen LogP contribution in [-0.2, 0) is 0 Å². The second-order valence-corrected chi connectivity index (χ2v) is 7.69.